The summed E-state index contributed by atoms with van der Waals surface area (Å²) >= 11 is 5.97. The molecule has 1 unspecified atom stereocenters. The molecule has 2 rings (SSSR count). The van der Waals surface area contributed by atoms with Gasteiger partial charge >= 0.3 is 5.97 Å². The molecule has 1 amide bonds. The zero-order valence-corrected chi connectivity index (χ0v) is 16.3. The number of amides is 1. The fourth-order valence-electron chi connectivity index (χ4n) is 2.38. The van der Waals surface area contributed by atoms with Crippen LogP contribution in [0, 0.1) is 0 Å². The van der Waals surface area contributed by atoms with E-state index in [0.717, 1.165) is 5.56 Å². The molecule has 0 aliphatic rings. The largest absolute Gasteiger partial charge is 0.496 e. The first-order chi connectivity index (χ1) is 12.6. The number of nitrogens with one attached hydrogen (secondary N) is 1. The summed E-state index contributed by atoms with van der Waals surface area (Å²) in [5.74, 6) is -0.498. The van der Waals surface area contributed by atoms with Gasteiger partial charge in [-0.05, 0) is 56.7 Å². The van der Waals surface area contributed by atoms with E-state index in [1.54, 1.807) is 42.5 Å². The summed E-state index contributed by atoms with van der Waals surface area (Å²) in [6, 6.07) is 11.4. The maximum atomic E-state index is 12.6. The van der Waals surface area contributed by atoms with Gasteiger partial charge < -0.3 is 19.9 Å². The number of benzene rings is 2. The summed E-state index contributed by atoms with van der Waals surface area (Å²) in [7, 11) is 1.49. The Hall–Kier alpha value is -2.73. The fourth-order valence-corrected chi connectivity index (χ4v) is 2.55. The molecule has 2 aromatic rings. The van der Waals surface area contributed by atoms with E-state index in [9.17, 15) is 9.59 Å². The Balaban J connectivity index is 2.10. The van der Waals surface area contributed by atoms with E-state index in [-0.39, 0.29) is 11.9 Å². The summed E-state index contributed by atoms with van der Waals surface area (Å²) in [6.45, 7) is 4.79. The van der Waals surface area contributed by atoms with Gasteiger partial charge in [0.05, 0.1) is 18.7 Å². The Labute approximate surface area is 163 Å². The maximum absolute atomic E-state index is 12.6. The third-order valence-corrected chi connectivity index (χ3v) is 4.26. The molecule has 27 heavy (non-hydrogen) atoms. The van der Waals surface area contributed by atoms with E-state index in [0.29, 0.717) is 22.1 Å². The first kappa shape index (κ1) is 20.6. The molecule has 0 heterocycles. The minimum absolute atomic E-state index is 0.289. The SMILES string of the molecule is COc1ccc(Cl)cc1C(=O)NC(C)c1ccc(OC(C)(C)C(=O)O)cc1. The second-order valence-electron chi connectivity index (χ2n) is 6.53. The van der Waals surface area contributed by atoms with Gasteiger partial charge in [-0.1, -0.05) is 23.7 Å². The summed E-state index contributed by atoms with van der Waals surface area (Å²) in [5, 5.41) is 12.5. The van der Waals surface area contributed by atoms with Crippen molar-refractivity contribution in [3.8, 4) is 11.5 Å². The van der Waals surface area contributed by atoms with Crippen LogP contribution in [0.15, 0.2) is 42.5 Å². The van der Waals surface area contributed by atoms with Crippen molar-refractivity contribution in [2.45, 2.75) is 32.4 Å². The van der Waals surface area contributed by atoms with Crippen molar-refractivity contribution in [1.29, 1.82) is 0 Å². The van der Waals surface area contributed by atoms with Gasteiger partial charge in [0, 0.05) is 5.02 Å². The molecular formula is C20H22ClNO5. The highest BCUT2D eigenvalue weighted by Gasteiger charge is 2.29. The molecule has 2 N–H and O–H groups in total. The number of halogens is 1. The van der Waals surface area contributed by atoms with Crippen LogP contribution in [0.1, 0.15) is 42.7 Å². The van der Waals surface area contributed by atoms with E-state index >= 15 is 0 Å². The van der Waals surface area contributed by atoms with Crippen LogP contribution >= 0.6 is 11.6 Å². The summed E-state index contributed by atoms with van der Waals surface area (Å²) in [6.07, 6.45) is 0. The molecule has 2 aromatic carbocycles. The number of carbonyl (C=O) groups is 2. The first-order valence-electron chi connectivity index (χ1n) is 8.31. The van der Waals surface area contributed by atoms with E-state index in [1.807, 2.05) is 6.92 Å². The highest BCUT2D eigenvalue weighted by atomic mass is 35.5. The Morgan fingerprint density at radius 2 is 1.78 bits per heavy atom. The number of carbonyl (C=O) groups excluding carboxylic acids is 1. The number of methoxy groups -OCH3 is 1. The Morgan fingerprint density at radius 3 is 2.33 bits per heavy atom. The molecule has 0 spiro atoms. The predicted octanol–water partition coefficient (Wildman–Crippen LogP) is 4.08. The van der Waals surface area contributed by atoms with Gasteiger partial charge in [-0.2, -0.15) is 0 Å². The lowest BCUT2D eigenvalue weighted by atomic mass is 10.1. The highest BCUT2D eigenvalue weighted by Crippen LogP contribution is 2.25. The highest BCUT2D eigenvalue weighted by molar-refractivity contribution is 6.31. The molecule has 0 aliphatic heterocycles. The van der Waals surface area contributed by atoms with Crippen LogP contribution in [0.25, 0.3) is 0 Å². The van der Waals surface area contributed by atoms with Crippen LogP contribution in [-0.2, 0) is 4.79 Å². The van der Waals surface area contributed by atoms with Crippen LogP contribution in [-0.4, -0.2) is 29.7 Å². The van der Waals surface area contributed by atoms with E-state index in [4.69, 9.17) is 26.2 Å². The number of aliphatic carboxylic acids is 1. The standard InChI is InChI=1S/C20H22ClNO5/c1-12(22-18(23)16-11-14(21)7-10-17(16)26-4)13-5-8-15(9-6-13)27-20(2,3)19(24)25/h5-12H,1-4H3,(H,22,23)(H,24,25). The number of carboxylic acid groups (broad SMARTS) is 1. The number of hydrogen-bond acceptors (Lipinski definition) is 4. The smallest absolute Gasteiger partial charge is 0.347 e. The summed E-state index contributed by atoms with van der Waals surface area (Å²) < 4.78 is 10.7. The normalized spacial score (nSPS) is 12.2. The Kier molecular flexibility index (Phi) is 6.33. The molecule has 6 nitrogen and oxygen atoms in total. The van der Waals surface area contributed by atoms with Crippen LogP contribution in [0.2, 0.25) is 5.02 Å². The minimum atomic E-state index is -1.33. The minimum Gasteiger partial charge on any atom is -0.496 e. The van der Waals surface area contributed by atoms with Crippen LogP contribution in [0.5, 0.6) is 11.5 Å². The lowest BCUT2D eigenvalue weighted by Crippen LogP contribution is -2.37. The lowest BCUT2D eigenvalue weighted by molar-refractivity contribution is -0.152. The van der Waals surface area contributed by atoms with Crippen LogP contribution in [0.3, 0.4) is 0 Å². The van der Waals surface area contributed by atoms with E-state index in [2.05, 4.69) is 5.32 Å². The number of ether oxygens (including phenoxy) is 2. The van der Waals surface area contributed by atoms with Crippen molar-refractivity contribution in [2.24, 2.45) is 0 Å². The van der Waals surface area contributed by atoms with E-state index in [1.165, 1.54) is 21.0 Å². The van der Waals surface area contributed by atoms with Crippen molar-refractivity contribution < 1.29 is 24.2 Å². The predicted molar refractivity (Wildman–Crippen MR) is 103 cm³/mol. The van der Waals surface area contributed by atoms with Crippen LogP contribution in [0.4, 0.5) is 0 Å². The fraction of sp³-hybridized carbons (Fsp3) is 0.300. The molecular weight excluding hydrogens is 370 g/mol. The van der Waals surface area contributed by atoms with Gasteiger partial charge in [0.15, 0.2) is 5.60 Å². The second-order valence-corrected chi connectivity index (χ2v) is 6.96. The molecule has 7 heteroatoms. The monoisotopic (exact) mass is 391 g/mol. The third kappa shape index (κ3) is 5.14. The zero-order valence-electron chi connectivity index (χ0n) is 15.6. The summed E-state index contributed by atoms with van der Waals surface area (Å²) in [5.41, 5.74) is -0.144. The molecule has 0 aliphatic carbocycles. The third-order valence-electron chi connectivity index (χ3n) is 4.02. The molecule has 0 fully saturated rings. The van der Waals surface area contributed by atoms with Gasteiger partial charge in [-0.3, -0.25) is 4.79 Å². The Bertz CT molecular complexity index is 833. The Morgan fingerprint density at radius 1 is 1.15 bits per heavy atom. The number of hydrogen-bond donors (Lipinski definition) is 2. The average Bonchev–Trinajstić information content (AvgIpc) is 2.61. The molecule has 0 saturated heterocycles. The molecule has 144 valence electrons. The first-order valence-corrected chi connectivity index (χ1v) is 8.68. The van der Waals surface area contributed by atoms with Gasteiger partial charge in [0.25, 0.3) is 5.91 Å². The average molecular weight is 392 g/mol. The van der Waals surface area contributed by atoms with Gasteiger partial charge in [0.2, 0.25) is 0 Å². The van der Waals surface area contributed by atoms with Crippen molar-refractivity contribution in [1.82, 2.24) is 5.32 Å². The van der Waals surface area contributed by atoms with Gasteiger partial charge in [0.1, 0.15) is 11.5 Å². The van der Waals surface area contributed by atoms with Gasteiger partial charge in [-0.15, -0.1) is 0 Å². The van der Waals surface area contributed by atoms with Crippen molar-refractivity contribution >= 4 is 23.5 Å². The number of rotatable bonds is 7. The topological polar surface area (TPSA) is 84.9 Å². The zero-order chi connectivity index (χ0) is 20.2. The van der Waals surface area contributed by atoms with Gasteiger partial charge in [-0.25, -0.2) is 4.79 Å². The molecule has 1 atom stereocenters. The lowest BCUT2D eigenvalue weighted by Gasteiger charge is -2.22. The molecule has 0 aromatic heterocycles. The molecule has 0 saturated carbocycles. The molecule has 0 radical (unpaired) electrons. The maximum Gasteiger partial charge on any atom is 0.347 e. The van der Waals surface area contributed by atoms with Crippen LogP contribution < -0.4 is 14.8 Å². The van der Waals surface area contributed by atoms with Crippen molar-refractivity contribution in [2.75, 3.05) is 7.11 Å². The van der Waals surface area contributed by atoms with E-state index < -0.39 is 11.6 Å². The van der Waals surface area contributed by atoms with Crippen molar-refractivity contribution in [3.63, 3.8) is 0 Å². The summed E-state index contributed by atoms with van der Waals surface area (Å²) in [4.78, 5) is 23.7. The number of carboxylic acids is 1. The van der Waals surface area contributed by atoms with Crippen molar-refractivity contribution in [3.05, 3.63) is 58.6 Å². The second kappa shape index (κ2) is 8.31. The molecule has 0 bridgehead atoms. The quantitative estimate of drug-likeness (QED) is 0.742.